The van der Waals surface area contributed by atoms with Gasteiger partial charge in [0.25, 0.3) is 0 Å². The first-order valence-corrected chi connectivity index (χ1v) is 40.1. The molecule has 532 valence electrons. The van der Waals surface area contributed by atoms with Crippen LogP contribution in [0.4, 0.5) is 0 Å². The summed E-state index contributed by atoms with van der Waals surface area (Å²) in [5.41, 5.74) is 16.3. The summed E-state index contributed by atoms with van der Waals surface area (Å²) in [5.74, 6) is 0. The quantitative estimate of drug-likeness (QED) is 0.0601. The van der Waals surface area contributed by atoms with Gasteiger partial charge >= 0.3 is 66.7 Å². The molecule has 0 spiro atoms. The van der Waals surface area contributed by atoms with E-state index in [1.54, 1.807) is 0 Å². The molecular formula is C63H102Cl11Mn2N15O2. The summed E-state index contributed by atoms with van der Waals surface area (Å²) in [6, 6.07) is 16.1. The summed E-state index contributed by atoms with van der Waals surface area (Å²) in [4.78, 5) is 43.3. The molecule has 4 bridgehead atoms. The van der Waals surface area contributed by atoms with Crippen LogP contribution in [0.2, 0.25) is 15.1 Å². The van der Waals surface area contributed by atoms with Crippen LogP contribution in [0.1, 0.15) is 198 Å². The van der Waals surface area contributed by atoms with E-state index in [9.17, 15) is 9.59 Å². The average Bonchev–Trinajstić information content (AvgIpc) is 2.11. The van der Waals surface area contributed by atoms with Gasteiger partial charge in [-0.25, -0.2) is 9.97 Å². The van der Waals surface area contributed by atoms with Gasteiger partial charge in [0.15, 0.2) is 12.6 Å². The summed E-state index contributed by atoms with van der Waals surface area (Å²) in [7, 11) is 19.2. The first-order valence-electron chi connectivity index (χ1n) is 32.5. The number of carbonyl (C=O) groups is 2. The second kappa shape index (κ2) is 52.9. The molecule has 17 nitrogen and oxygen atoms in total. The molecule has 6 aliphatic carbocycles. The van der Waals surface area contributed by atoms with Crippen molar-refractivity contribution in [3.05, 3.63) is 85.6 Å². The predicted molar refractivity (Wildman–Crippen MR) is 392 cm³/mol. The van der Waals surface area contributed by atoms with E-state index in [2.05, 4.69) is 47.5 Å². The van der Waals surface area contributed by atoms with Crippen LogP contribution in [0, 0.1) is 0 Å². The first-order chi connectivity index (χ1) is 43.4. The molecule has 93 heavy (non-hydrogen) atoms. The van der Waals surface area contributed by atoms with Crippen molar-refractivity contribution < 1.29 is 35.9 Å². The second-order valence-electron chi connectivity index (χ2n) is 24.4. The van der Waals surface area contributed by atoms with Crippen molar-refractivity contribution >= 4 is 150 Å². The number of hydrogen-bond donors (Lipinski definition) is 10. The van der Waals surface area contributed by atoms with E-state index < -0.39 is 0 Å². The topological polar surface area (TPSA) is 246 Å². The van der Waals surface area contributed by atoms with Crippen LogP contribution in [0.15, 0.2) is 46.4 Å². The summed E-state index contributed by atoms with van der Waals surface area (Å²) < 4.78 is 0. The van der Waals surface area contributed by atoms with E-state index in [4.69, 9.17) is 107 Å². The number of pyridine rings is 3. The van der Waals surface area contributed by atoms with Crippen molar-refractivity contribution in [2.24, 2.45) is 21.5 Å². The van der Waals surface area contributed by atoms with Gasteiger partial charge in [-0.2, -0.15) is 0 Å². The number of nitrogens with one attached hydrogen (secondary N) is 8. The molecular weight excluding hydrogens is 1500 g/mol. The maximum atomic E-state index is 10.2. The molecule has 0 amide bonds. The fourth-order valence-electron chi connectivity index (χ4n) is 13.6. The Hall–Kier alpha value is -0.0410. The summed E-state index contributed by atoms with van der Waals surface area (Å²) in [6.45, 7) is 7.68. The zero-order chi connectivity index (χ0) is 63.4. The van der Waals surface area contributed by atoms with Gasteiger partial charge in [0, 0.05) is 140 Å². The SMILES string of the molecule is Cl.Cl.Cl.Cl.Clc1cc2nc(c1)C=N[C@@H]1CCCCC1NCCN[C@@H]1CCCCC1N=C2.Clc1cc2nc(c1)CN[C@@H]1CCCCC1NCCN[C@@H]1CCCCC1NC2.N[C@@H]1CCCCC1NCCNC1CCCC[C@H]1N.O=Cc1cc(Cl)cc(C=O)n1.[Cl][Mn][Cl].[Cl][Mn][Cl]. The molecule has 6 saturated carbocycles. The molecule has 12 N–H and O–H groups in total. The van der Waals surface area contributed by atoms with Crippen molar-refractivity contribution in [2.45, 2.75) is 240 Å². The van der Waals surface area contributed by atoms with Crippen molar-refractivity contribution in [3.63, 3.8) is 0 Å². The van der Waals surface area contributed by atoms with E-state index in [0.717, 1.165) is 93.0 Å². The first kappa shape index (κ1) is 89.0. The third-order valence-corrected chi connectivity index (χ3v) is 18.8. The Morgan fingerprint density at radius 3 is 1.11 bits per heavy atom. The molecule has 5 heterocycles. The number of nitrogens with two attached hydrogens (primary N) is 2. The van der Waals surface area contributed by atoms with E-state index in [0.29, 0.717) is 95.1 Å². The van der Waals surface area contributed by atoms with E-state index in [-0.39, 0.29) is 87.3 Å². The number of carbonyl (C=O) groups excluding carboxylic acids is 2. The summed E-state index contributed by atoms with van der Waals surface area (Å²) >= 11 is 18.3. The van der Waals surface area contributed by atoms with E-state index in [1.807, 2.05) is 36.7 Å². The molecule has 8 aliphatic rings. The Bertz CT molecular complexity index is 2400. The van der Waals surface area contributed by atoms with Crippen LogP contribution in [0.25, 0.3) is 0 Å². The van der Waals surface area contributed by atoms with Crippen LogP contribution < -0.4 is 54.0 Å². The minimum atomic E-state index is 0. The van der Waals surface area contributed by atoms with Gasteiger partial charge in [-0.1, -0.05) is 112 Å². The number of aromatic nitrogens is 3. The number of aldehydes is 2. The Morgan fingerprint density at radius 2 is 0.731 bits per heavy atom. The van der Waals surface area contributed by atoms with Gasteiger partial charge in [-0.15, -0.1) is 49.6 Å². The van der Waals surface area contributed by atoms with Gasteiger partial charge in [-0.05, 0) is 113 Å². The van der Waals surface area contributed by atoms with E-state index in [1.165, 1.54) is 153 Å². The number of aliphatic imine (C=N–C) groups is 2. The fourth-order valence-corrected chi connectivity index (χ4v) is 14.3. The number of rotatable bonds is 7. The van der Waals surface area contributed by atoms with Gasteiger partial charge < -0.3 is 54.0 Å². The van der Waals surface area contributed by atoms with Gasteiger partial charge in [-0.3, -0.25) is 24.6 Å². The molecule has 30 heteroatoms. The number of halogens is 11. The summed E-state index contributed by atoms with van der Waals surface area (Å²) in [6.07, 6.45) is 35.0. The van der Waals surface area contributed by atoms with Gasteiger partial charge in [0.2, 0.25) is 0 Å². The molecule has 2 aliphatic heterocycles. The second-order valence-corrected chi connectivity index (χ2v) is 29.7. The third kappa shape index (κ3) is 34.5. The Balaban J connectivity index is 0.000000420. The molecule has 3 aromatic heterocycles. The molecule has 0 radical (unpaired) electrons. The number of fused-ring (bicyclic) bond motifs is 8. The predicted octanol–water partition coefficient (Wildman–Crippen LogP) is 12.6. The molecule has 6 fully saturated rings. The molecule has 0 saturated heterocycles. The standard InChI is InChI=1S/C21H34ClN5.C21H30ClN5.C14H30N4.C7H4ClNO2.8ClH.2Mn/c2*22-15-11-16-13-25-20-7-3-1-5-18(20)23-9-10-24-19-6-2-4-8-21(19)26-14-17(12-15)27-16;15-11-5-1-3-7-13(11)17-9-10-18-14-8-4-2-6-12(14)16;8-5-1-6(3-10)9-7(2-5)4-11;;;;;;;;;;/h11-12,18-21,23-26H,1-10,13-14H2;11-14,18-21,23-24H,1-10H2;11-14,17-18H,1-10,15-16H2;1-4H;8*1H;;/q;;;;;;;;;;;;2*+2/p-4/t2*18-,19?,20?,21-;11-,12-,13?,14?;;;;;;;;;;;/m111.........../s1. The minimum absolute atomic E-state index is 0. The molecule has 6 unspecified atom stereocenters. The molecule has 3 aromatic rings. The van der Waals surface area contributed by atoms with Crippen LogP contribution in [0.5, 0.6) is 0 Å². The Labute approximate surface area is 623 Å². The molecule has 0 aromatic carbocycles. The van der Waals surface area contributed by atoms with Crippen LogP contribution >= 0.6 is 125 Å². The maximum absolute atomic E-state index is 10.2. The van der Waals surface area contributed by atoms with Crippen LogP contribution in [0.3, 0.4) is 0 Å². The normalized spacial score (nSPS) is 27.7. The summed E-state index contributed by atoms with van der Waals surface area (Å²) in [5, 5.41) is 31.6. The van der Waals surface area contributed by atoms with Crippen LogP contribution in [-0.4, -0.2) is 152 Å². The van der Waals surface area contributed by atoms with Crippen molar-refractivity contribution in [1.82, 2.24) is 57.5 Å². The Kier molecular flexibility index (Phi) is 50.6. The number of hydrogen-bond acceptors (Lipinski definition) is 17. The average molecular weight is 1600 g/mol. The molecule has 11 rings (SSSR count). The zero-order valence-electron chi connectivity index (χ0n) is 53.1. The fraction of sp³-hybridized carbons (Fsp3) is 0.698. The van der Waals surface area contributed by atoms with E-state index >= 15 is 0 Å². The van der Waals surface area contributed by atoms with Crippen molar-refractivity contribution in [3.8, 4) is 0 Å². The third-order valence-electron chi connectivity index (χ3n) is 18.1. The zero-order valence-corrected chi connectivity index (χ0v) is 64.0. The monoisotopic (exact) mass is 1600 g/mol. The van der Waals surface area contributed by atoms with Gasteiger partial charge in [0.1, 0.15) is 11.4 Å². The van der Waals surface area contributed by atoms with Crippen molar-refractivity contribution in [2.75, 3.05) is 39.3 Å². The Morgan fingerprint density at radius 1 is 0.419 bits per heavy atom. The van der Waals surface area contributed by atoms with Gasteiger partial charge in [0.05, 0.1) is 34.9 Å². The van der Waals surface area contributed by atoms with Crippen molar-refractivity contribution in [1.29, 1.82) is 0 Å². The molecule has 12 atom stereocenters. The number of nitrogens with zero attached hydrogens (tertiary/aromatic N) is 5. The van der Waals surface area contributed by atoms with Crippen LogP contribution in [-0.2, 0) is 39.4 Å².